The van der Waals surface area contributed by atoms with Gasteiger partial charge in [-0.3, -0.25) is 4.57 Å². The third-order valence-electron chi connectivity index (χ3n) is 4.82. The molecule has 0 bridgehead atoms. The van der Waals surface area contributed by atoms with Crippen molar-refractivity contribution in [3.8, 4) is 0 Å². The van der Waals surface area contributed by atoms with Gasteiger partial charge in [0, 0.05) is 0 Å². The van der Waals surface area contributed by atoms with Crippen LogP contribution in [0.5, 0.6) is 0 Å². The summed E-state index contributed by atoms with van der Waals surface area (Å²) in [5, 5.41) is 8.30. The van der Waals surface area contributed by atoms with Crippen molar-refractivity contribution >= 4 is 56.0 Å². The van der Waals surface area contributed by atoms with Gasteiger partial charge in [-0.1, -0.05) is 60.7 Å². The minimum Gasteiger partial charge on any atom is -0.321 e. The SMILES string of the molecule is O=P(O)(O)c1ccc2c3cccc4cccc(c5cccc1c52)c43. The van der Waals surface area contributed by atoms with Crippen LogP contribution in [0.2, 0.25) is 0 Å². The van der Waals surface area contributed by atoms with Crippen molar-refractivity contribution < 1.29 is 14.4 Å². The van der Waals surface area contributed by atoms with E-state index in [0.29, 0.717) is 5.39 Å². The molecule has 0 saturated heterocycles. The Morgan fingerprint density at radius 1 is 0.583 bits per heavy atom. The fraction of sp³-hybridized carbons (Fsp3) is 0. The van der Waals surface area contributed by atoms with Crippen LogP contribution < -0.4 is 5.30 Å². The molecule has 116 valence electrons. The molecule has 0 atom stereocenters. The zero-order valence-corrected chi connectivity index (χ0v) is 13.5. The summed E-state index contributed by atoms with van der Waals surface area (Å²) in [7, 11) is -4.33. The van der Waals surface area contributed by atoms with Crippen molar-refractivity contribution in [3.05, 3.63) is 66.7 Å². The summed E-state index contributed by atoms with van der Waals surface area (Å²) < 4.78 is 11.9. The molecule has 5 aromatic rings. The van der Waals surface area contributed by atoms with E-state index in [1.165, 1.54) is 10.8 Å². The Morgan fingerprint density at radius 3 is 1.71 bits per heavy atom. The maximum atomic E-state index is 11.9. The van der Waals surface area contributed by atoms with Crippen LogP contribution >= 0.6 is 7.60 Å². The number of hydrogen-bond acceptors (Lipinski definition) is 1. The lowest BCUT2D eigenvalue weighted by molar-refractivity contribution is 0.388. The number of rotatable bonds is 1. The zero-order valence-electron chi connectivity index (χ0n) is 12.6. The first kappa shape index (κ1) is 13.9. The molecule has 0 unspecified atom stereocenters. The van der Waals surface area contributed by atoms with Gasteiger partial charge in [0.15, 0.2) is 0 Å². The normalized spacial score (nSPS) is 12.8. The second-order valence-corrected chi connectivity index (χ2v) is 7.68. The molecule has 3 nitrogen and oxygen atoms in total. The summed E-state index contributed by atoms with van der Waals surface area (Å²) in [6.45, 7) is 0. The average molecular weight is 332 g/mol. The smallest absolute Gasteiger partial charge is 0.321 e. The second-order valence-electron chi connectivity index (χ2n) is 6.11. The van der Waals surface area contributed by atoms with Gasteiger partial charge in [0.05, 0.1) is 5.30 Å². The average Bonchev–Trinajstić information content (AvgIpc) is 2.58. The van der Waals surface area contributed by atoms with Gasteiger partial charge in [-0.2, -0.15) is 0 Å². The molecule has 4 heteroatoms. The fourth-order valence-electron chi connectivity index (χ4n) is 3.88. The molecule has 0 aromatic heterocycles. The van der Waals surface area contributed by atoms with Crippen LogP contribution in [0.3, 0.4) is 0 Å². The van der Waals surface area contributed by atoms with Crippen molar-refractivity contribution in [3.63, 3.8) is 0 Å². The highest BCUT2D eigenvalue weighted by Crippen LogP contribution is 2.43. The summed E-state index contributed by atoms with van der Waals surface area (Å²) in [6, 6.07) is 21.5. The predicted molar refractivity (Wildman–Crippen MR) is 99.3 cm³/mol. The number of hydrogen-bond donors (Lipinski definition) is 2. The summed E-state index contributed by atoms with van der Waals surface area (Å²) in [4.78, 5) is 19.4. The molecule has 0 fully saturated rings. The summed E-state index contributed by atoms with van der Waals surface area (Å²) in [5.74, 6) is 0. The number of fused-ring (bicyclic) bond motifs is 2. The molecule has 0 aliphatic rings. The Kier molecular flexibility index (Phi) is 2.64. The monoisotopic (exact) mass is 332 g/mol. The molecule has 0 radical (unpaired) electrons. The topological polar surface area (TPSA) is 57.5 Å². The van der Waals surface area contributed by atoms with Gasteiger partial charge >= 0.3 is 7.60 Å². The quantitative estimate of drug-likeness (QED) is 0.269. The van der Waals surface area contributed by atoms with Crippen molar-refractivity contribution in [1.82, 2.24) is 0 Å². The summed E-state index contributed by atoms with van der Waals surface area (Å²) >= 11 is 0. The van der Waals surface area contributed by atoms with Gasteiger partial charge in [0.1, 0.15) is 0 Å². The highest BCUT2D eigenvalue weighted by molar-refractivity contribution is 7.60. The van der Waals surface area contributed by atoms with Crippen molar-refractivity contribution in [2.75, 3.05) is 0 Å². The Morgan fingerprint density at radius 2 is 1.08 bits per heavy atom. The third-order valence-corrected chi connectivity index (χ3v) is 5.83. The first-order chi connectivity index (χ1) is 11.6. The molecule has 5 aromatic carbocycles. The van der Waals surface area contributed by atoms with Gasteiger partial charge in [-0.05, 0) is 49.2 Å². The van der Waals surface area contributed by atoms with Gasteiger partial charge in [0.25, 0.3) is 0 Å². The molecule has 24 heavy (non-hydrogen) atoms. The highest BCUT2D eigenvalue weighted by Gasteiger charge is 2.22. The van der Waals surface area contributed by atoms with E-state index < -0.39 is 7.60 Å². The van der Waals surface area contributed by atoms with Gasteiger partial charge < -0.3 is 9.79 Å². The van der Waals surface area contributed by atoms with E-state index >= 15 is 0 Å². The summed E-state index contributed by atoms with van der Waals surface area (Å²) in [5.41, 5.74) is 0. The Balaban J connectivity index is 2.18. The number of benzene rings is 5. The van der Waals surface area contributed by atoms with Crippen LogP contribution in [0, 0.1) is 0 Å². The van der Waals surface area contributed by atoms with Crippen LogP contribution in [0.15, 0.2) is 66.7 Å². The predicted octanol–water partition coefficient (Wildman–Crippen LogP) is 4.54. The van der Waals surface area contributed by atoms with Crippen LogP contribution in [-0.4, -0.2) is 9.79 Å². The van der Waals surface area contributed by atoms with Crippen molar-refractivity contribution in [2.45, 2.75) is 0 Å². The highest BCUT2D eigenvalue weighted by atomic mass is 31.2. The third kappa shape index (κ3) is 1.72. The van der Waals surface area contributed by atoms with E-state index in [-0.39, 0.29) is 5.30 Å². The lowest BCUT2D eigenvalue weighted by Crippen LogP contribution is -2.05. The van der Waals surface area contributed by atoms with E-state index in [1.807, 2.05) is 30.3 Å². The first-order valence-electron chi connectivity index (χ1n) is 7.70. The molecular formula is C20H13O3P. The lowest BCUT2D eigenvalue weighted by Gasteiger charge is -2.16. The van der Waals surface area contributed by atoms with E-state index in [9.17, 15) is 14.4 Å². The maximum Gasteiger partial charge on any atom is 0.356 e. The Labute approximate surface area is 137 Å². The van der Waals surface area contributed by atoms with Crippen molar-refractivity contribution in [2.24, 2.45) is 0 Å². The van der Waals surface area contributed by atoms with Crippen molar-refractivity contribution in [1.29, 1.82) is 0 Å². The first-order valence-corrected chi connectivity index (χ1v) is 9.31. The largest absolute Gasteiger partial charge is 0.356 e. The van der Waals surface area contributed by atoms with Gasteiger partial charge in [-0.15, -0.1) is 0 Å². The molecule has 0 spiro atoms. The standard InChI is InChI=1S/C20H13O3P/c21-24(22,23)18-11-10-16-14-7-2-5-12-4-1-6-13(19(12)14)15-8-3-9-17(18)20(15)16/h1-11H,(H2,21,22,23). The fourth-order valence-corrected chi connectivity index (χ4v) is 4.65. The lowest BCUT2D eigenvalue weighted by atomic mass is 9.90. The van der Waals surface area contributed by atoms with Crippen LogP contribution in [0.25, 0.3) is 43.1 Å². The zero-order chi connectivity index (χ0) is 16.5. The molecule has 0 heterocycles. The minimum atomic E-state index is -4.33. The Hall–Kier alpha value is -2.45. The van der Waals surface area contributed by atoms with Crippen LogP contribution in [0.4, 0.5) is 0 Å². The second kappa shape index (κ2) is 4.55. The van der Waals surface area contributed by atoms with E-state index in [1.54, 1.807) is 12.1 Å². The molecule has 5 rings (SSSR count). The maximum absolute atomic E-state index is 11.9. The van der Waals surface area contributed by atoms with E-state index in [4.69, 9.17) is 0 Å². The molecule has 0 amide bonds. The van der Waals surface area contributed by atoms with Crippen LogP contribution in [-0.2, 0) is 4.57 Å². The minimum absolute atomic E-state index is 0.0923. The van der Waals surface area contributed by atoms with E-state index in [0.717, 1.165) is 26.9 Å². The van der Waals surface area contributed by atoms with Crippen LogP contribution in [0.1, 0.15) is 0 Å². The summed E-state index contributed by atoms with van der Waals surface area (Å²) in [6.07, 6.45) is 0. The van der Waals surface area contributed by atoms with E-state index in [2.05, 4.69) is 24.3 Å². The van der Waals surface area contributed by atoms with Gasteiger partial charge in [0.2, 0.25) is 0 Å². The molecule has 0 aliphatic carbocycles. The molecule has 2 N–H and O–H groups in total. The van der Waals surface area contributed by atoms with Gasteiger partial charge in [-0.25, -0.2) is 0 Å². The molecular weight excluding hydrogens is 319 g/mol. The molecule has 0 saturated carbocycles. The Bertz CT molecular complexity index is 1250. The molecule has 0 aliphatic heterocycles.